The Morgan fingerprint density at radius 2 is 1.87 bits per heavy atom. The molecule has 2 amide bonds. The first-order valence-corrected chi connectivity index (χ1v) is 10.2. The molecule has 0 radical (unpaired) electrons. The van der Waals surface area contributed by atoms with Gasteiger partial charge in [-0.15, -0.1) is 0 Å². The molecule has 1 unspecified atom stereocenters. The molecule has 2 aromatic heterocycles. The van der Waals surface area contributed by atoms with Crippen LogP contribution in [0.2, 0.25) is 0 Å². The predicted octanol–water partition coefficient (Wildman–Crippen LogP) is 1.68. The molecule has 7 heteroatoms. The molecule has 7 nitrogen and oxygen atoms in total. The topological polar surface area (TPSA) is 69.6 Å². The van der Waals surface area contributed by atoms with Crippen molar-refractivity contribution in [2.45, 2.75) is 19.1 Å². The molecule has 0 bridgehead atoms. The number of hydrogen-bond donors (Lipinski definition) is 0. The van der Waals surface area contributed by atoms with Crippen LogP contribution in [0.25, 0.3) is 10.9 Å². The third kappa shape index (κ3) is 3.52. The number of amides is 2. The smallest absolute Gasteiger partial charge is 0.247 e. The van der Waals surface area contributed by atoms with Gasteiger partial charge in [-0.3, -0.25) is 24.5 Å². The largest absolute Gasteiger partial charge is 0.327 e. The van der Waals surface area contributed by atoms with E-state index in [4.69, 9.17) is 0 Å². The summed E-state index contributed by atoms with van der Waals surface area (Å²) in [5.74, 6) is 0.0419. The molecule has 2 aliphatic rings. The van der Waals surface area contributed by atoms with Crippen LogP contribution in [0.5, 0.6) is 0 Å². The van der Waals surface area contributed by atoms with Crippen LogP contribution in [0.3, 0.4) is 0 Å². The lowest BCUT2D eigenvalue weighted by Gasteiger charge is -2.46. The highest BCUT2D eigenvalue weighted by Crippen LogP contribution is 2.23. The molecule has 3 aromatic rings. The monoisotopic (exact) mass is 401 g/mol. The second-order valence-corrected chi connectivity index (χ2v) is 7.88. The molecule has 2 aliphatic heterocycles. The molecule has 2 fully saturated rings. The summed E-state index contributed by atoms with van der Waals surface area (Å²) < 4.78 is 0. The van der Waals surface area contributed by atoms with Gasteiger partial charge in [0.25, 0.3) is 0 Å². The summed E-state index contributed by atoms with van der Waals surface area (Å²) in [6.07, 6.45) is 5.25. The van der Waals surface area contributed by atoms with Gasteiger partial charge in [0.2, 0.25) is 11.8 Å². The lowest BCUT2D eigenvalue weighted by atomic mass is 10.0. The Morgan fingerprint density at radius 1 is 0.967 bits per heavy atom. The minimum atomic E-state index is -0.426. The van der Waals surface area contributed by atoms with Gasteiger partial charge in [-0.25, -0.2) is 0 Å². The molecule has 0 spiro atoms. The van der Waals surface area contributed by atoms with Gasteiger partial charge in [0.15, 0.2) is 0 Å². The highest BCUT2D eigenvalue weighted by molar-refractivity contribution is 5.95. The number of hydrogen-bond acceptors (Lipinski definition) is 5. The van der Waals surface area contributed by atoms with Crippen LogP contribution in [-0.2, 0) is 22.7 Å². The molecule has 1 aromatic carbocycles. The number of carbonyl (C=O) groups is 2. The lowest BCUT2D eigenvalue weighted by Crippen LogP contribution is -2.66. The fraction of sp³-hybridized carbons (Fsp3) is 0.304. The quantitative estimate of drug-likeness (QED) is 0.665. The molecule has 5 rings (SSSR count). The summed E-state index contributed by atoms with van der Waals surface area (Å²) >= 11 is 0. The summed E-state index contributed by atoms with van der Waals surface area (Å²) in [6, 6.07) is 13.5. The Labute approximate surface area is 174 Å². The van der Waals surface area contributed by atoms with Gasteiger partial charge < -0.3 is 9.80 Å². The molecule has 152 valence electrons. The van der Waals surface area contributed by atoms with Crippen LogP contribution in [-0.4, -0.2) is 68.7 Å². The first kappa shape index (κ1) is 18.7. The van der Waals surface area contributed by atoms with E-state index in [1.54, 1.807) is 28.4 Å². The van der Waals surface area contributed by atoms with Crippen molar-refractivity contribution >= 4 is 22.7 Å². The molecule has 0 N–H and O–H groups in total. The zero-order chi connectivity index (χ0) is 20.5. The number of carbonyl (C=O) groups excluding carboxylic acids is 2. The van der Waals surface area contributed by atoms with E-state index in [9.17, 15) is 9.59 Å². The zero-order valence-electron chi connectivity index (χ0n) is 16.6. The fourth-order valence-corrected chi connectivity index (χ4v) is 4.43. The summed E-state index contributed by atoms with van der Waals surface area (Å²) in [6.45, 7) is 3.17. The number of pyridine rings is 2. The van der Waals surface area contributed by atoms with Crippen molar-refractivity contribution in [3.8, 4) is 0 Å². The van der Waals surface area contributed by atoms with E-state index < -0.39 is 6.04 Å². The van der Waals surface area contributed by atoms with E-state index in [2.05, 4.69) is 27.0 Å². The number of fused-ring (bicyclic) bond motifs is 2. The highest BCUT2D eigenvalue weighted by atomic mass is 16.2. The highest BCUT2D eigenvalue weighted by Gasteiger charge is 2.42. The minimum absolute atomic E-state index is 0.0164. The second kappa shape index (κ2) is 7.84. The minimum Gasteiger partial charge on any atom is -0.327 e. The second-order valence-electron chi connectivity index (χ2n) is 7.88. The first-order chi connectivity index (χ1) is 14.7. The Balaban J connectivity index is 1.33. The van der Waals surface area contributed by atoms with Gasteiger partial charge in [-0.2, -0.15) is 0 Å². The van der Waals surface area contributed by atoms with E-state index in [1.165, 1.54) is 5.56 Å². The molecule has 0 saturated carbocycles. The van der Waals surface area contributed by atoms with Crippen LogP contribution < -0.4 is 0 Å². The maximum absolute atomic E-state index is 13.2. The van der Waals surface area contributed by atoms with Crippen LogP contribution in [0.15, 0.2) is 61.1 Å². The zero-order valence-corrected chi connectivity index (χ0v) is 16.6. The summed E-state index contributed by atoms with van der Waals surface area (Å²) in [7, 11) is 0. The normalized spacial score (nSPS) is 19.9. The SMILES string of the molecule is O=C1C2CN(Cc3cccc4ncccc34)CCN2C(=O)CN1Cc1cccnc1. The van der Waals surface area contributed by atoms with Crippen molar-refractivity contribution in [2.24, 2.45) is 0 Å². The predicted molar refractivity (Wildman–Crippen MR) is 112 cm³/mol. The Kier molecular flexibility index (Phi) is 4.88. The third-order valence-electron chi connectivity index (χ3n) is 5.93. The fourth-order valence-electron chi connectivity index (χ4n) is 4.43. The summed E-state index contributed by atoms with van der Waals surface area (Å²) in [4.78, 5) is 40.1. The number of rotatable bonds is 4. The van der Waals surface area contributed by atoms with E-state index in [1.807, 2.05) is 30.3 Å². The van der Waals surface area contributed by atoms with Gasteiger partial charge in [0.1, 0.15) is 12.6 Å². The molecular weight excluding hydrogens is 378 g/mol. The third-order valence-corrected chi connectivity index (χ3v) is 5.93. The van der Waals surface area contributed by atoms with Gasteiger partial charge in [-0.05, 0) is 29.3 Å². The first-order valence-electron chi connectivity index (χ1n) is 10.2. The Hall–Kier alpha value is -3.32. The van der Waals surface area contributed by atoms with Crippen LogP contribution >= 0.6 is 0 Å². The van der Waals surface area contributed by atoms with E-state index in [0.717, 1.165) is 29.6 Å². The summed E-state index contributed by atoms with van der Waals surface area (Å²) in [5, 5.41) is 1.13. The maximum atomic E-state index is 13.2. The molecule has 2 saturated heterocycles. The van der Waals surface area contributed by atoms with Crippen molar-refractivity contribution in [2.75, 3.05) is 26.2 Å². The maximum Gasteiger partial charge on any atom is 0.247 e. The average molecular weight is 401 g/mol. The summed E-state index contributed by atoms with van der Waals surface area (Å²) in [5.41, 5.74) is 3.10. The van der Waals surface area contributed by atoms with Crippen LogP contribution in [0.1, 0.15) is 11.1 Å². The Morgan fingerprint density at radius 3 is 2.73 bits per heavy atom. The van der Waals surface area contributed by atoms with Crippen molar-refractivity contribution in [3.05, 3.63) is 72.2 Å². The standard InChI is InChI=1S/C23H23N5O2/c29-22-16-27(13-17-4-2-8-24-12-17)23(30)21-15-26(10-11-28(21)22)14-18-5-1-7-20-19(18)6-3-9-25-20/h1-9,12,21H,10-11,13-16H2. The number of piperazine rings is 2. The van der Waals surface area contributed by atoms with Gasteiger partial charge in [-0.1, -0.05) is 24.3 Å². The molecular formula is C23H23N5O2. The average Bonchev–Trinajstić information content (AvgIpc) is 2.78. The van der Waals surface area contributed by atoms with E-state index in [0.29, 0.717) is 19.6 Å². The lowest BCUT2D eigenvalue weighted by molar-refractivity contribution is -0.160. The van der Waals surface area contributed by atoms with Crippen molar-refractivity contribution < 1.29 is 9.59 Å². The van der Waals surface area contributed by atoms with Crippen LogP contribution in [0, 0.1) is 0 Å². The molecule has 4 heterocycles. The van der Waals surface area contributed by atoms with Crippen molar-refractivity contribution in [1.29, 1.82) is 0 Å². The molecule has 30 heavy (non-hydrogen) atoms. The number of benzene rings is 1. The van der Waals surface area contributed by atoms with E-state index >= 15 is 0 Å². The van der Waals surface area contributed by atoms with Gasteiger partial charge >= 0.3 is 0 Å². The molecule has 1 atom stereocenters. The number of aromatic nitrogens is 2. The van der Waals surface area contributed by atoms with Crippen LogP contribution in [0.4, 0.5) is 0 Å². The molecule has 0 aliphatic carbocycles. The van der Waals surface area contributed by atoms with Crippen molar-refractivity contribution in [3.63, 3.8) is 0 Å². The van der Waals surface area contributed by atoms with Gasteiger partial charge in [0, 0.05) is 56.7 Å². The van der Waals surface area contributed by atoms with Crippen molar-refractivity contribution in [1.82, 2.24) is 24.7 Å². The Bertz CT molecular complexity index is 1080. The number of nitrogens with zero attached hydrogens (tertiary/aromatic N) is 5. The van der Waals surface area contributed by atoms with E-state index in [-0.39, 0.29) is 18.4 Å². The van der Waals surface area contributed by atoms with Gasteiger partial charge in [0.05, 0.1) is 5.52 Å².